The van der Waals surface area contributed by atoms with Crippen LogP contribution in [0.25, 0.3) is 0 Å². The summed E-state index contributed by atoms with van der Waals surface area (Å²) in [5.41, 5.74) is 1.23. The van der Waals surface area contributed by atoms with Gasteiger partial charge in [-0.15, -0.1) is 0 Å². The molecule has 1 N–H and O–H groups in total. The van der Waals surface area contributed by atoms with Gasteiger partial charge >= 0.3 is 0 Å². The lowest BCUT2D eigenvalue weighted by molar-refractivity contribution is 0.183. The van der Waals surface area contributed by atoms with Crippen LogP contribution in [0.4, 0.5) is 5.69 Å². The molecule has 5 heteroatoms. The van der Waals surface area contributed by atoms with Crippen LogP contribution >= 0.6 is 0 Å². The molecule has 0 bridgehead atoms. The van der Waals surface area contributed by atoms with Gasteiger partial charge in [-0.2, -0.15) is 5.10 Å². The maximum absolute atomic E-state index is 5.09. The van der Waals surface area contributed by atoms with Gasteiger partial charge in [0, 0.05) is 38.5 Å². The topological polar surface area (TPSA) is 42.3 Å². The van der Waals surface area contributed by atoms with E-state index in [1.165, 1.54) is 18.5 Å². The zero-order chi connectivity index (χ0) is 13.7. The molecule has 0 saturated carbocycles. The Morgan fingerprint density at radius 3 is 3.11 bits per heavy atom. The minimum absolute atomic E-state index is 0.521. The third-order valence-electron chi connectivity index (χ3n) is 3.76. The molecule has 5 nitrogen and oxygen atoms in total. The summed E-state index contributed by atoms with van der Waals surface area (Å²) in [7, 11) is 1.72. The minimum Gasteiger partial charge on any atom is -0.383 e. The van der Waals surface area contributed by atoms with E-state index in [9.17, 15) is 0 Å². The number of anilines is 1. The van der Waals surface area contributed by atoms with Crippen molar-refractivity contribution in [3.05, 3.63) is 12.4 Å². The smallest absolute Gasteiger partial charge is 0.0755 e. The summed E-state index contributed by atoms with van der Waals surface area (Å²) in [5, 5.41) is 8.03. The van der Waals surface area contributed by atoms with Crippen LogP contribution < -0.4 is 10.2 Å². The average molecular weight is 266 g/mol. The fourth-order valence-corrected chi connectivity index (χ4v) is 2.64. The van der Waals surface area contributed by atoms with E-state index in [0.717, 1.165) is 19.6 Å². The predicted octanol–water partition coefficient (Wildman–Crippen LogP) is 1.50. The van der Waals surface area contributed by atoms with E-state index in [1.54, 1.807) is 7.11 Å². The summed E-state index contributed by atoms with van der Waals surface area (Å²) >= 11 is 0. The zero-order valence-electron chi connectivity index (χ0n) is 12.3. The van der Waals surface area contributed by atoms with E-state index < -0.39 is 0 Å². The second-order valence-corrected chi connectivity index (χ2v) is 5.35. The Kier molecular flexibility index (Phi) is 5.22. The van der Waals surface area contributed by atoms with Gasteiger partial charge in [-0.05, 0) is 13.3 Å². The molecule has 0 aromatic carbocycles. The Morgan fingerprint density at radius 2 is 2.37 bits per heavy atom. The molecule has 1 fully saturated rings. The normalized spacial score (nSPS) is 23.8. The molecule has 2 atom stereocenters. The molecule has 2 rings (SSSR count). The Bertz CT molecular complexity index is 379. The Hall–Kier alpha value is -1.07. The molecule has 1 aliphatic rings. The number of ether oxygens (including phenoxy) is 1. The van der Waals surface area contributed by atoms with Crippen LogP contribution in [0.3, 0.4) is 0 Å². The Labute approximate surface area is 115 Å². The molecule has 108 valence electrons. The van der Waals surface area contributed by atoms with Gasteiger partial charge in [0.1, 0.15) is 0 Å². The van der Waals surface area contributed by atoms with E-state index in [2.05, 4.69) is 35.4 Å². The number of methoxy groups -OCH3 is 1. The Balaban J connectivity index is 1.99. The highest BCUT2D eigenvalue weighted by atomic mass is 16.5. The third kappa shape index (κ3) is 3.70. The van der Waals surface area contributed by atoms with Crippen molar-refractivity contribution in [1.82, 2.24) is 15.1 Å². The lowest BCUT2D eigenvalue weighted by Gasteiger charge is -2.39. The summed E-state index contributed by atoms with van der Waals surface area (Å²) < 4.78 is 7.05. The highest BCUT2D eigenvalue weighted by molar-refractivity contribution is 5.44. The molecule has 2 unspecified atom stereocenters. The van der Waals surface area contributed by atoms with Crippen molar-refractivity contribution >= 4 is 5.69 Å². The quantitative estimate of drug-likeness (QED) is 0.847. The van der Waals surface area contributed by atoms with Crippen LogP contribution in [-0.4, -0.2) is 48.7 Å². The van der Waals surface area contributed by atoms with Gasteiger partial charge in [0.15, 0.2) is 0 Å². The first-order valence-corrected chi connectivity index (χ1v) is 7.26. The molecule has 0 spiro atoms. The number of aromatic nitrogens is 2. The number of hydrogen-bond donors (Lipinski definition) is 1. The highest BCUT2D eigenvalue weighted by Gasteiger charge is 2.25. The van der Waals surface area contributed by atoms with E-state index in [0.29, 0.717) is 18.7 Å². The standard InChI is InChI=1S/C14H26N4O/c1-4-5-13-10-18(12(2)8-15-13)14-9-16-17(11-14)6-7-19-3/h9,11-13,15H,4-8,10H2,1-3H3. The number of nitrogens with one attached hydrogen (secondary N) is 1. The average Bonchev–Trinajstić information content (AvgIpc) is 2.87. The summed E-state index contributed by atoms with van der Waals surface area (Å²) in [6.07, 6.45) is 6.57. The summed E-state index contributed by atoms with van der Waals surface area (Å²) in [4.78, 5) is 2.47. The molecule has 0 radical (unpaired) electrons. The first-order valence-electron chi connectivity index (χ1n) is 7.26. The van der Waals surface area contributed by atoms with Crippen molar-refractivity contribution < 1.29 is 4.74 Å². The van der Waals surface area contributed by atoms with Gasteiger partial charge in [-0.25, -0.2) is 0 Å². The van der Waals surface area contributed by atoms with Crippen LogP contribution in [-0.2, 0) is 11.3 Å². The maximum atomic E-state index is 5.09. The number of hydrogen-bond acceptors (Lipinski definition) is 4. The van der Waals surface area contributed by atoms with Crippen LogP contribution in [0.2, 0.25) is 0 Å². The number of rotatable bonds is 6. The SMILES string of the molecule is CCCC1CN(c2cnn(CCOC)c2)C(C)CN1. The fraction of sp³-hybridized carbons (Fsp3) is 0.786. The van der Waals surface area contributed by atoms with Crippen molar-refractivity contribution in [1.29, 1.82) is 0 Å². The lowest BCUT2D eigenvalue weighted by Crippen LogP contribution is -2.55. The lowest BCUT2D eigenvalue weighted by atomic mass is 10.1. The second kappa shape index (κ2) is 6.91. The molecule has 1 aliphatic heterocycles. The van der Waals surface area contributed by atoms with Crippen molar-refractivity contribution in [2.75, 3.05) is 31.7 Å². The summed E-state index contributed by atoms with van der Waals surface area (Å²) in [6, 6.07) is 1.12. The van der Waals surface area contributed by atoms with Crippen molar-refractivity contribution in [2.45, 2.75) is 45.3 Å². The highest BCUT2D eigenvalue weighted by Crippen LogP contribution is 2.20. The molecule has 19 heavy (non-hydrogen) atoms. The van der Waals surface area contributed by atoms with Gasteiger partial charge in [0.25, 0.3) is 0 Å². The first-order chi connectivity index (χ1) is 9.24. The number of piperazine rings is 1. The fourth-order valence-electron chi connectivity index (χ4n) is 2.64. The monoisotopic (exact) mass is 266 g/mol. The van der Waals surface area contributed by atoms with Crippen molar-refractivity contribution in [3.63, 3.8) is 0 Å². The second-order valence-electron chi connectivity index (χ2n) is 5.35. The Morgan fingerprint density at radius 1 is 1.53 bits per heavy atom. The molecular weight excluding hydrogens is 240 g/mol. The van der Waals surface area contributed by atoms with Crippen LogP contribution in [0.1, 0.15) is 26.7 Å². The molecule has 1 aromatic heterocycles. The molecule has 1 aromatic rings. The van der Waals surface area contributed by atoms with Crippen LogP contribution in [0, 0.1) is 0 Å². The molecular formula is C14H26N4O. The summed E-state index contributed by atoms with van der Waals surface area (Å²) in [6.45, 7) is 8.15. The van der Waals surface area contributed by atoms with Gasteiger partial charge < -0.3 is 15.0 Å². The number of nitrogens with zero attached hydrogens (tertiary/aromatic N) is 3. The summed E-state index contributed by atoms with van der Waals surface area (Å²) in [5.74, 6) is 0. The van der Waals surface area contributed by atoms with Crippen molar-refractivity contribution in [3.8, 4) is 0 Å². The molecule has 0 aliphatic carbocycles. The molecule has 0 amide bonds. The van der Waals surface area contributed by atoms with E-state index >= 15 is 0 Å². The van der Waals surface area contributed by atoms with E-state index in [4.69, 9.17) is 4.74 Å². The third-order valence-corrected chi connectivity index (χ3v) is 3.76. The molecule has 2 heterocycles. The van der Waals surface area contributed by atoms with Gasteiger partial charge in [-0.3, -0.25) is 4.68 Å². The van der Waals surface area contributed by atoms with Gasteiger partial charge in [-0.1, -0.05) is 13.3 Å². The maximum Gasteiger partial charge on any atom is 0.0755 e. The van der Waals surface area contributed by atoms with E-state index in [-0.39, 0.29) is 0 Å². The van der Waals surface area contributed by atoms with E-state index in [1.807, 2.05) is 10.9 Å². The largest absolute Gasteiger partial charge is 0.383 e. The minimum atomic E-state index is 0.521. The first kappa shape index (κ1) is 14.3. The van der Waals surface area contributed by atoms with Crippen molar-refractivity contribution in [2.24, 2.45) is 0 Å². The van der Waals surface area contributed by atoms with Crippen LogP contribution in [0.15, 0.2) is 12.4 Å². The molecule has 1 saturated heterocycles. The van der Waals surface area contributed by atoms with Gasteiger partial charge in [0.05, 0.1) is 25.0 Å². The van der Waals surface area contributed by atoms with Crippen LogP contribution in [0.5, 0.6) is 0 Å². The van der Waals surface area contributed by atoms with Gasteiger partial charge in [0.2, 0.25) is 0 Å². The zero-order valence-corrected chi connectivity index (χ0v) is 12.3. The predicted molar refractivity (Wildman–Crippen MR) is 77.6 cm³/mol.